The van der Waals surface area contributed by atoms with Crippen molar-refractivity contribution in [1.82, 2.24) is 10.3 Å². The van der Waals surface area contributed by atoms with Gasteiger partial charge in [-0.1, -0.05) is 0 Å². The summed E-state index contributed by atoms with van der Waals surface area (Å²) in [5, 5.41) is 3.08. The van der Waals surface area contributed by atoms with Gasteiger partial charge in [-0.3, -0.25) is 9.78 Å². The number of rotatable bonds is 4. The van der Waals surface area contributed by atoms with E-state index < -0.39 is 5.79 Å². The average molecular weight is 276 g/mol. The monoisotopic (exact) mass is 276 g/mol. The number of aromatic nitrogens is 1. The lowest BCUT2D eigenvalue weighted by Crippen LogP contribution is -2.49. The van der Waals surface area contributed by atoms with Crippen LogP contribution >= 0.6 is 0 Å². The molecule has 1 spiro atoms. The van der Waals surface area contributed by atoms with Crippen LogP contribution in [-0.4, -0.2) is 35.9 Å². The Hall–Kier alpha value is -1.46. The van der Waals surface area contributed by atoms with Gasteiger partial charge in [0.1, 0.15) is 0 Å². The molecule has 108 valence electrons. The van der Waals surface area contributed by atoms with E-state index in [-0.39, 0.29) is 11.9 Å². The number of ether oxygens (including phenoxy) is 2. The lowest BCUT2D eigenvalue weighted by Gasteiger charge is -2.29. The van der Waals surface area contributed by atoms with Crippen molar-refractivity contribution in [2.45, 2.75) is 43.9 Å². The molecule has 5 heteroatoms. The Morgan fingerprint density at radius 3 is 2.85 bits per heavy atom. The molecule has 2 aliphatic rings. The molecule has 1 saturated heterocycles. The minimum Gasteiger partial charge on any atom is -0.348 e. The van der Waals surface area contributed by atoms with E-state index in [0.717, 1.165) is 31.2 Å². The zero-order valence-corrected chi connectivity index (χ0v) is 11.5. The van der Waals surface area contributed by atoms with Gasteiger partial charge in [-0.15, -0.1) is 0 Å². The van der Waals surface area contributed by atoms with Gasteiger partial charge in [0.05, 0.1) is 19.3 Å². The molecule has 1 unspecified atom stereocenters. The molecular formula is C15H20N2O3. The van der Waals surface area contributed by atoms with Crippen LogP contribution in [0.25, 0.3) is 0 Å². The van der Waals surface area contributed by atoms with Crippen molar-refractivity contribution in [2.24, 2.45) is 0 Å². The second-order valence-electron chi connectivity index (χ2n) is 5.38. The highest BCUT2D eigenvalue weighted by molar-refractivity contribution is 5.76. The van der Waals surface area contributed by atoms with Crippen LogP contribution in [0.1, 0.15) is 31.2 Å². The van der Waals surface area contributed by atoms with E-state index >= 15 is 0 Å². The van der Waals surface area contributed by atoms with Crippen molar-refractivity contribution in [2.75, 3.05) is 13.2 Å². The number of nitrogens with one attached hydrogen (secondary N) is 1. The quantitative estimate of drug-likeness (QED) is 0.903. The van der Waals surface area contributed by atoms with Crippen LogP contribution in [-0.2, 0) is 20.7 Å². The number of carbonyl (C=O) groups excluding carboxylic acids is 1. The van der Waals surface area contributed by atoms with Crippen molar-refractivity contribution in [1.29, 1.82) is 0 Å². The molecule has 5 nitrogen and oxygen atoms in total. The highest BCUT2D eigenvalue weighted by Crippen LogP contribution is 2.37. The molecule has 1 aliphatic carbocycles. The molecule has 1 atom stereocenters. The summed E-state index contributed by atoms with van der Waals surface area (Å²) in [5.41, 5.74) is 1.13. The maximum atomic E-state index is 12.1. The highest BCUT2D eigenvalue weighted by Gasteiger charge is 2.48. The van der Waals surface area contributed by atoms with Gasteiger partial charge in [-0.2, -0.15) is 0 Å². The molecule has 3 rings (SSSR count). The Balaban J connectivity index is 1.51. The van der Waals surface area contributed by atoms with Crippen molar-refractivity contribution in [3.05, 3.63) is 30.1 Å². The van der Waals surface area contributed by atoms with E-state index in [1.54, 1.807) is 12.4 Å². The van der Waals surface area contributed by atoms with Gasteiger partial charge in [-0.25, -0.2) is 0 Å². The average Bonchev–Trinajstić information content (AvgIpc) is 3.10. The van der Waals surface area contributed by atoms with Crippen LogP contribution in [0.4, 0.5) is 0 Å². The number of aryl methyl sites for hydroxylation is 1. The number of hydrogen-bond donors (Lipinski definition) is 1. The van der Waals surface area contributed by atoms with Gasteiger partial charge < -0.3 is 14.8 Å². The number of hydrogen-bond acceptors (Lipinski definition) is 4. The Morgan fingerprint density at radius 1 is 1.35 bits per heavy atom. The topological polar surface area (TPSA) is 60.5 Å². The predicted molar refractivity (Wildman–Crippen MR) is 73.0 cm³/mol. The zero-order valence-electron chi connectivity index (χ0n) is 11.5. The molecule has 1 saturated carbocycles. The number of pyridine rings is 1. The van der Waals surface area contributed by atoms with Crippen molar-refractivity contribution >= 4 is 5.91 Å². The zero-order chi connectivity index (χ0) is 13.8. The minimum atomic E-state index is -0.549. The fraction of sp³-hybridized carbons (Fsp3) is 0.600. The number of carbonyl (C=O) groups is 1. The van der Waals surface area contributed by atoms with E-state index in [9.17, 15) is 4.79 Å². The van der Waals surface area contributed by atoms with Gasteiger partial charge in [0.25, 0.3) is 0 Å². The molecule has 20 heavy (non-hydrogen) atoms. The molecule has 0 aromatic carbocycles. The summed E-state index contributed by atoms with van der Waals surface area (Å²) in [7, 11) is 0. The van der Waals surface area contributed by atoms with E-state index in [4.69, 9.17) is 9.47 Å². The van der Waals surface area contributed by atoms with E-state index in [2.05, 4.69) is 10.3 Å². The largest absolute Gasteiger partial charge is 0.348 e. The lowest BCUT2D eigenvalue weighted by atomic mass is 10.1. The Labute approximate surface area is 118 Å². The maximum Gasteiger partial charge on any atom is 0.220 e. The van der Waals surface area contributed by atoms with Gasteiger partial charge in [-0.05, 0) is 37.0 Å². The molecule has 1 aromatic rings. The summed E-state index contributed by atoms with van der Waals surface area (Å²) < 4.78 is 11.5. The molecule has 1 amide bonds. The van der Waals surface area contributed by atoms with Crippen molar-refractivity contribution in [3.8, 4) is 0 Å². The Bertz CT molecular complexity index is 452. The minimum absolute atomic E-state index is 0.00469. The van der Waals surface area contributed by atoms with Gasteiger partial charge in [0.15, 0.2) is 5.79 Å². The van der Waals surface area contributed by atoms with Crippen molar-refractivity contribution in [3.63, 3.8) is 0 Å². The van der Waals surface area contributed by atoms with Crippen LogP contribution < -0.4 is 5.32 Å². The summed E-state index contributed by atoms with van der Waals surface area (Å²) >= 11 is 0. The van der Waals surface area contributed by atoms with Crippen molar-refractivity contribution < 1.29 is 14.3 Å². The van der Waals surface area contributed by atoms with Crippen LogP contribution in [0.5, 0.6) is 0 Å². The molecular weight excluding hydrogens is 256 g/mol. The molecule has 2 heterocycles. The summed E-state index contributed by atoms with van der Waals surface area (Å²) in [5.74, 6) is -0.487. The fourth-order valence-corrected chi connectivity index (χ4v) is 3.02. The molecule has 2 fully saturated rings. The SMILES string of the molecule is O=C(CCc1ccncc1)NC1CCCC12OCCO2. The van der Waals surface area contributed by atoms with Gasteiger partial charge >= 0.3 is 0 Å². The van der Waals surface area contributed by atoms with Crippen LogP contribution in [0.2, 0.25) is 0 Å². The third kappa shape index (κ3) is 2.83. The molecule has 1 aliphatic heterocycles. The summed E-state index contributed by atoms with van der Waals surface area (Å²) in [4.78, 5) is 16.0. The molecule has 1 N–H and O–H groups in total. The molecule has 0 radical (unpaired) electrons. The highest BCUT2D eigenvalue weighted by atomic mass is 16.7. The van der Waals surface area contributed by atoms with Gasteiger partial charge in [0, 0.05) is 25.2 Å². The first-order chi connectivity index (χ1) is 9.78. The predicted octanol–water partition coefficient (Wildman–Crippen LogP) is 1.43. The van der Waals surface area contributed by atoms with Crippen LogP contribution in [0.3, 0.4) is 0 Å². The number of amides is 1. The normalized spacial score (nSPS) is 24.1. The summed E-state index contributed by atoms with van der Waals surface area (Å²) in [6, 6.07) is 3.87. The lowest BCUT2D eigenvalue weighted by molar-refractivity contribution is -0.169. The first-order valence-corrected chi connectivity index (χ1v) is 7.25. The third-order valence-corrected chi connectivity index (χ3v) is 4.05. The summed E-state index contributed by atoms with van der Waals surface area (Å²) in [6.07, 6.45) is 7.56. The fourth-order valence-electron chi connectivity index (χ4n) is 3.02. The van der Waals surface area contributed by atoms with E-state index in [0.29, 0.717) is 19.6 Å². The van der Waals surface area contributed by atoms with E-state index in [1.807, 2.05) is 12.1 Å². The number of nitrogens with zero attached hydrogens (tertiary/aromatic N) is 1. The standard InChI is InChI=1S/C15H20N2O3/c18-14(4-3-12-5-8-16-9-6-12)17-13-2-1-7-15(13)19-10-11-20-15/h5-6,8-9,13H,1-4,7,10-11H2,(H,17,18). The smallest absolute Gasteiger partial charge is 0.220 e. The Kier molecular flexibility index (Phi) is 3.98. The first-order valence-electron chi connectivity index (χ1n) is 7.25. The second-order valence-corrected chi connectivity index (χ2v) is 5.38. The van der Waals surface area contributed by atoms with Gasteiger partial charge in [0.2, 0.25) is 5.91 Å². The summed E-state index contributed by atoms with van der Waals surface area (Å²) in [6.45, 7) is 1.26. The van der Waals surface area contributed by atoms with Crippen LogP contribution in [0, 0.1) is 0 Å². The second kappa shape index (κ2) is 5.89. The maximum absolute atomic E-state index is 12.1. The molecule has 1 aromatic heterocycles. The van der Waals surface area contributed by atoms with Crippen LogP contribution in [0.15, 0.2) is 24.5 Å². The first kappa shape index (κ1) is 13.5. The third-order valence-electron chi connectivity index (χ3n) is 4.05. The van der Waals surface area contributed by atoms with E-state index in [1.165, 1.54) is 0 Å². The molecule has 0 bridgehead atoms. The Morgan fingerprint density at radius 2 is 2.10 bits per heavy atom.